The van der Waals surface area contributed by atoms with Crippen molar-refractivity contribution in [3.05, 3.63) is 30.1 Å². The van der Waals surface area contributed by atoms with Crippen LogP contribution in [-0.4, -0.2) is 4.98 Å². The Kier molecular flexibility index (Phi) is 2.51. The van der Waals surface area contributed by atoms with Crippen molar-refractivity contribution < 1.29 is 0 Å². The van der Waals surface area contributed by atoms with Crippen LogP contribution in [0.5, 0.6) is 0 Å². The minimum atomic E-state index is 0.851. The fraction of sp³-hybridized carbons (Fsp3) is 0.222. The lowest BCUT2D eigenvalue weighted by atomic mass is 10.3. The van der Waals surface area contributed by atoms with Crippen LogP contribution in [0.15, 0.2) is 24.4 Å². The lowest BCUT2D eigenvalue weighted by molar-refractivity contribution is 1.26. The number of pyridine rings is 1. The van der Waals surface area contributed by atoms with Crippen LogP contribution < -0.4 is 0 Å². The van der Waals surface area contributed by atoms with Crippen molar-refractivity contribution >= 4 is 0 Å². The third-order valence-electron chi connectivity index (χ3n) is 1.06. The molecule has 10 heavy (non-hydrogen) atoms. The van der Waals surface area contributed by atoms with Gasteiger partial charge in [0.15, 0.2) is 0 Å². The summed E-state index contributed by atoms with van der Waals surface area (Å²) in [6, 6.07) is 5.73. The summed E-state index contributed by atoms with van der Waals surface area (Å²) >= 11 is 0. The van der Waals surface area contributed by atoms with Crippen LogP contribution >= 0.6 is 0 Å². The van der Waals surface area contributed by atoms with E-state index < -0.39 is 0 Å². The van der Waals surface area contributed by atoms with Gasteiger partial charge in [0.25, 0.3) is 0 Å². The van der Waals surface area contributed by atoms with E-state index in [2.05, 4.69) is 16.8 Å². The molecule has 0 aliphatic carbocycles. The van der Waals surface area contributed by atoms with E-state index in [1.807, 2.05) is 25.1 Å². The van der Waals surface area contributed by atoms with Gasteiger partial charge in [0, 0.05) is 12.6 Å². The van der Waals surface area contributed by atoms with E-state index in [1.165, 1.54) is 0 Å². The van der Waals surface area contributed by atoms with Gasteiger partial charge >= 0.3 is 0 Å². The van der Waals surface area contributed by atoms with Crippen molar-refractivity contribution in [2.75, 3.05) is 0 Å². The lowest BCUT2D eigenvalue weighted by Gasteiger charge is -1.83. The third-order valence-corrected chi connectivity index (χ3v) is 1.06. The molecule has 0 bridgehead atoms. The van der Waals surface area contributed by atoms with E-state index in [0.717, 1.165) is 12.1 Å². The van der Waals surface area contributed by atoms with Gasteiger partial charge in [-0.15, -0.1) is 0 Å². The maximum atomic E-state index is 4.04. The molecular weight excluding hydrogens is 122 g/mol. The van der Waals surface area contributed by atoms with Crippen molar-refractivity contribution in [2.45, 2.75) is 13.3 Å². The molecule has 0 fully saturated rings. The molecule has 0 aromatic carbocycles. The average molecular weight is 131 g/mol. The van der Waals surface area contributed by atoms with Crippen LogP contribution in [-0.2, 0) is 0 Å². The molecule has 1 aromatic heterocycles. The first-order valence-electron chi connectivity index (χ1n) is 3.33. The van der Waals surface area contributed by atoms with E-state index >= 15 is 0 Å². The van der Waals surface area contributed by atoms with Crippen molar-refractivity contribution in [3.63, 3.8) is 0 Å². The van der Waals surface area contributed by atoms with Crippen LogP contribution in [0.3, 0.4) is 0 Å². The van der Waals surface area contributed by atoms with Gasteiger partial charge in [-0.05, 0) is 18.1 Å². The zero-order valence-electron chi connectivity index (χ0n) is 5.96. The van der Waals surface area contributed by atoms with E-state index in [-0.39, 0.29) is 0 Å². The quantitative estimate of drug-likeness (QED) is 0.489. The molecule has 0 saturated carbocycles. The highest BCUT2D eigenvalue weighted by molar-refractivity contribution is 5.26. The standard InChI is InChI=1S/C9H9N/c1-2-3-6-9-7-4-5-8-10-9/h4-5,7-8H,2H2,1H3. The molecule has 1 aromatic rings. The minimum Gasteiger partial charge on any atom is -0.248 e. The summed E-state index contributed by atoms with van der Waals surface area (Å²) in [5.41, 5.74) is 0.851. The molecule has 1 nitrogen and oxygen atoms in total. The van der Waals surface area contributed by atoms with Gasteiger partial charge < -0.3 is 0 Å². The van der Waals surface area contributed by atoms with Crippen molar-refractivity contribution in [2.24, 2.45) is 0 Å². The van der Waals surface area contributed by atoms with Gasteiger partial charge in [0.05, 0.1) is 0 Å². The molecule has 0 aliphatic rings. The summed E-state index contributed by atoms with van der Waals surface area (Å²) < 4.78 is 0. The highest BCUT2D eigenvalue weighted by Crippen LogP contribution is 1.88. The molecule has 1 heterocycles. The number of hydrogen-bond acceptors (Lipinski definition) is 1. The highest BCUT2D eigenvalue weighted by atomic mass is 14.6. The van der Waals surface area contributed by atoms with Crippen LogP contribution in [0.1, 0.15) is 19.0 Å². The number of hydrogen-bond donors (Lipinski definition) is 0. The van der Waals surface area contributed by atoms with E-state index in [9.17, 15) is 0 Å². The molecule has 0 saturated heterocycles. The molecular formula is C9H9N. The second kappa shape index (κ2) is 3.68. The zero-order chi connectivity index (χ0) is 7.23. The van der Waals surface area contributed by atoms with E-state index in [0.29, 0.717) is 0 Å². The molecule has 0 N–H and O–H groups in total. The van der Waals surface area contributed by atoms with Crippen LogP contribution in [0, 0.1) is 11.8 Å². The van der Waals surface area contributed by atoms with Crippen molar-refractivity contribution in [1.82, 2.24) is 4.98 Å². The molecule has 0 aliphatic heterocycles. The molecule has 0 spiro atoms. The SMILES string of the molecule is CCC#Cc1ccccn1. The van der Waals surface area contributed by atoms with Gasteiger partial charge in [0.2, 0.25) is 0 Å². The first-order valence-corrected chi connectivity index (χ1v) is 3.33. The summed E-state index contributed by atoms with van der Waals surface area (Å²) in [5.74, 6) is 5.89. The Balaban J connectivity index is 2.76. The normalized spacial score (nSPS) is 8.10. The molecule has 1 heteroatoms. The maximum absolute atomic E-state index is 4.04. The maximum Gasteiger partial charge on any atom is 0.113 e. The monoisotopic (exact) mass is 131 g/mol. The number of rotatable bonds is 0. The topological polar surface area (TPSA) is 12.9 Å². The second-order valence-electron chi connectivity index (χ2n) is 1.87. The molecule has 0 amide bonds. The predicted octanol–water partition coefficient (Wildman–Crippen LogP) is 1.84. The summed E-state index contributed by atoms with van der Waals surface area (Å²) in [5, 5.41) is 0. The summed E-state index contributed by atoms with van der Waals surface area (Å²) in [4.78, 5) is 4.04. The van der Waals surface area contributed by atoms with Crippen molar-refractivity contribution in [3.8, 4) is 11.8 Å². The highest BCUT2D eigenvalue weighted by Gasteiger charge is 1.80. The Bertz CT molecular complexity index is 240. The van der Waals surface area contributed by atoms with Gasteiger partial charge in [-0.2, -0.15) is 0 Å². The van der Waals surface area contributed by atoms with Crippen molar-refractivity contribution in [1.29, 1.82) is 0 Å². The summed E-state index contributed by atoms with van der Waals surface area (Å²) in [6.07, 6.45) is 2.64. The molecule has 1 rings (SSSR count). The number of aromatic nitrogens is 1. The summed E-state index contributed by atoms with van der Waals surface area (Å²) in [7, 11) is 0. The van der Waals surface area contributed by atoms with E-state index in [1.54, 1.807) is 6.20 Å². The average Bonchev–Trinajstić information content (AvgIpc) is 2.03. The Morgan fingerprint density at radius 3 is 3.00 bits per heavy atom. The molecule has 0 radical (unpaired) electrons. The van der Waals surface area contributed by atoms with Gasteiger partial charge in [-0.3, -0.25) is 0 Å². The molecule has 50 valence electrons. The zero-order valence-corrected chi connectivity index (χ0v) is 5.96. The van der Waals surface area contributed by atoms with Gasteiger partial charge in [-0.1, -0.05) is 18.9 Å². The fourth-order valence-corrected chi connectivity index (χ4v) is 0.616. The molecule has 0 atom stereocenters. The third kappa shape index (κ3) is 1.91. The number of nitrogens with zero attached hydrogens (tertiary/aromatic N) is 1. The minimum absolute atomic E-state index is 0.851. The molecule has 0 unspecified atom stereocenters. The smallest absolute Gasteiger partial charge is 0.113 e. The Morgan fingerprint density at radius 2 is 2.40 bits per heavy atom. The van der Waals surface area contributed by atoms with Crippen LogP contribution in [0.4, 0.5) is 0 Å². The Morgan fingerprint density at radius 1 is 1.50 bits per heavy atom. The lowest BCUT2D eigenvalue weighted by Crippen LogP contribution is -1.77. The first kappa shape index (κ1) is 6.82. The first-order chi connectivity index (χ1) is 4.93. The summed E-state index contributed by atoms with van der Waals surface area (Å²) in [6.45, 7) is 2.02. The second-order valence-corrected chi connectivity index (χ2v) is 1.87. The van der Waals surface area contributed by atoms with E-state index in [4.69, 9.17) is 0 Å². The predicted molar refractivity (Wildman–Crippen MR) is 41.4 cm³/mol. The van der Waals surface area contributed by atoms with Gasteiger partial charge in [0.1, 0.15) is 5.69 Å². The van der Waals surface area contributed by atoms with Gasteiger partial charge in [-0.25, -0.2) is 4.98 Å². The largest absolute Gasteiger partial charge is 0.248 e. The van der Waals surface area contributed by atoms with Crippen LogP contribution in [0.25, 0.3) is 0 Å². The van der Waals surface area contributed by atoms with Crippen LogP contribution in [0.2, 0.25) is 0 Å². The Hall–Kier alpha value is -1.29. The fourth-order valence-electron chi connectivity index (χ4n) is 0.616. The Labute approximate surface area is 61.1 Å².